The SMILES string of the molecule is Cc1nc(N2CCN(C)CC2)ncc1C(=O)NCCc1nccs1. The smallest absolute Gasteiger partial charge is 0.254 e. The van der Waals surface area contributed by atoms with Crippen LogP contribution < -0.4 is 10.2 Å². The first kappa shape index (κ1) is 16.8. The topological polar surface area (TPSA) is 74.2 Å². The number of nitrogens with one attached hydrogen (secondary N) is 1. The fourth-order valence-electron chi connectivity index (χ4n) is 2.59. The molecule has 1 saturated heterocycles. The van der Waals surface area contributed by atoms with E-state index in [-0.39, 0.29) is 5.91 Å². The highest BCUT2D eigenvalue weighted by atomic mass is 32.1. The van der Waals surface area contributed by atoms with Crippen LogP contribution in [-0.4, -0.2) is 65.5 Å². The second kappa shape index (κ2) is 7.67. The Labute approximate surface area is 145 Å². The predicted octanol–water partition coefficient (Wildman–Crippen LogP) is 0.966. The summed E-state index contributed by atoms with van der Waals surface area (Å²) in [5.74, 6) is 0.578. The number of carbonyl (C=O) groups is 1. The third-order valence-electron chi connectivity index (χ3n) is 4.11. The summed E-state index contributed by atoms with van der Waals surface area (Å²) in [4.78, 5) is 29.9. The minimum atomic E-state index is -0.131. The molecule has 0 saturated carbocycles. The van der Waals surface area contributed by atoms with E-state index >= 15 is 0 Å². The molecule has 1 N–H and O–H groups in total. The van der Waals surface area contributed by atoms with Gasteiger partial charge in [0.1, 0.15) is 0 Å². The second-order valence-corrected chi connectivity index (χ2v) is 6.87. The maximum Gasteiger partial charge on any atom is 0.254 e. The number of hydrogen-bond donors (Lipinski definition) is 1. The highest BCUT2D eigenvalue weighted by molar-refractivity contribution is 7.09. The van der Waals surface area contributed by atoms with E-state index in [1.807, 2.05) is 12.3 Å². The highest BCUT2D eigenvalue weighted by Gasteiger charge is 2.18. The Morgan fingerprint density at radius 1 is 1.29 bits per heavy atom. The third kappa shape index (κ3) is 4.07. The van der Waals surface area contributed by atoms with Crippen molar-refractivity contribution < 1.29 is 4.79 Å². The standard InChI is InChI=1S/C16H22N6OS/c1-12-13(15(23)18-4-3-14-17-5-10-24-14)11-19-16(20-12)22-8-6-21(2)7-9-22/h5,10-11H,3-4,6-9H2,1-2H3,(H,18,23). The Balaban J connectivity index is 1.58. The molecule has 0 atom stereocenters. The lowest BCUT2D eigenvalue weighted by Gasteiger charge is -2.32. The Morgan fingerprint density at radius 3 is 2.75 bits per heavy atom. The van der Waals surface area contributed by atoms with Gasteiger partial charge in [-0.25, -0.2) is 15.0 Å². The van der Waals surface area contributed by atoms with Crippen LogP contribution in [0.15, 0.2) is 17.8 Å². The first-order chi connectivity index (χ1) is 11.6. The van der Waals surface area contributed by atoms with Crippen LogP contribution in [0.2, 0.25) is 0 Å². The Kier molecular flexibility index (Phi) is 5.37. The van der Waals surface area contributed by atoms with Crippen molar-refractivity contribution in [1.29, 1.82) is 0 Å². The molecule has 2 aromatic rings. The van der Waals surface area contributed by atoms with Crippen molar-refractivity contribution in [3.63, 3.8) is 0 Å². The van der Waals surface area contributed by atoms with Crippen LogP contribution in [0.4, 0.5) is 5.95 Å². The molecule has 2 aromatic heterocycles. The van der Waals surface area contributed by atoms with Gasteiger partial charge in [-0.1, -0.05) is 0 Å². The number of amides is 1. The zero-order chi connectivity index (χ0) is 16.9. The molecule has 1 aliphatic heterocycles. The number of piperazine rings is 1. The fourth-order valence-corrected chi connectivity index (χ4v) is 3.21. The summed E-state index contributed by atoms with van der Waals surface area (Å²) in [6.45, 7) is 6.25. The van der Waals surface area contributed by atoms with E-state index in [2.05, 4.69) is 37.1 Å². The molecule has 0 aliphatic carbocycles. The number of carbonyl (C=O) groups excluding carboxylic acids is 1. The van der Waals surface area contributed by atoms with Crippen LogP contribution >= 0.6 is 11.3 Å². The minimum Gasteiger partial charge on any atom is -0.352 e. The van der Waals surface area contributed by atoms with Gasteiger partial charge in [0.2, 0.25) is 5.95 Å². The van der Waals surface area contributed by atoms with Gasteiger partial charge in [0.05, 0.1) is 16.3 Å². The zero-order valence-electron chi connectivity index (χ0n) is 14.0. The van der Waals surface area contributed by atoms with Gasteiger partial charge in [-0.2, -0.15) is 0 Å². The average Bonchev–Trinajstić information content (AvgIpc) is 3.08. The van der Waals surface area contributed by atoms with E-state index in [1.54, 1.807) is 23.7 Å². The first-order valence-corrected chi connectivity index (χ1v) is 8.95. The molecule has 0 unspecified atom stereocenters. The molecule has 7 nitrogen and oxygen atoms in total. The average molecular weight is 346 g/mol. The van der Waals surface area contributed by atoms with E-state index in [9.17, 15) is 4.79 Å². The van der Waals surface area contributed by atoms with Crippen LogP contribution in [0.5, 0.6) is 0 Å². The normalized spacial score (nSPS) is 15.5. The number of nitrogens with zero attached hydrogens (tertiary/aromatic N) is 5. The van der Waals surface area contributed by atoms with Crippen LogP contribution in [0, 0.1) is 6.92 Å². The third-order valence-corrected chi connectivity index (χ3v) is 4.94. The lowest BCUT2D eigenvalue weighted by Crippen LogP contribution is -2.45. The molecule has 24 heavy (non-hydrogen) atoms. The van der Waals surface area contributed by atoms with Gasteiger partial charge in [-0.15, -0.1) is 11.3 Å². The van der Waals surface area contributed by atoms with Crippen LogP contribution in [0.3, 0.4) is 0 Å². The molecule has 3 heterocycles. The number of likely N-dealkylation sites (N-methyl/N-ethyl adjacent to an activating group) is 1. The molecule has 1 aliphatic rings. The van der Waals surface area contributed by atoms with Gasteiger partial charge >= 0.3 is 0 Å². The summed E-state index contributed by atoms with van der Waals surface area (Å²) in [5, 5.41) is 5.87. The van der Waals surface area contributed by atoms with Gasteiger partial charge in [0, 0.05) is 56.9 Å². The van der Waals surface area contributed by atoms with E-state index in [4.69, 9.17) is 0 Å². The lowest BCUT2D eigenvalue weighted by atomic mass is 10.2. The summed E-state index contributed by atoms with van der Waals surface area (Å²) >= 11 is 1.60. The van der Waals surface area contributed by atoms with Crippen molar-refractivity contribution >= 4 is 23.2 Å². The number of anilines is 1. The number of hydrogen-bond acceptors (Lipinski definition) is 7. The Morgan fingerprint density at radius 2 is 2.08 bits per heavy atom. The van der Waals surface area contributed by atoms with Crippen molar-refractivity contribution in [2.75, 3.05) is 44.7 Å². The fraction of sp³-hybridized carbons (Fsp3) is 0.500. The molecule has 8 heteroatoms. The molecule has 1 amide bonds. The Hall–Kier alpha value is -2.06. The van der Waals surface area contributed by atoms with E-state index in [1.165, 1.54) is 0 Å². The molecule has 3 rings (SSSR count). The zero-order valence-corrected chi connectivity index (χ0v) is 14.8. The molecule has 0 aromatic carbocycles. The second-order valence-electron chi connectivity index (χ2n) is 5.89. The highest BCUT2D eigenvalue weighted by Crippen LogP contribution is 2.13. The largest absolute Gasteiger partial charge is 0.352 e. The van der Waals surface area contributed by atoms with Crippen molar-refractivity contribution in [1.82, 2.24) is 25.2 Å². The van der Waals surface area contributed by atoms with Crippen molar-refractivity contribution in [3.05, 3.63) is 34.0 Å². The van der Waals surface area contributed by atoms with Crippen molar-refractivity contribution in [2.24, 2.45) is 0 Å². The van der Waals surface area contributed by atoms with Gasteiger partial charge in [0.25, 0.3) is 5.91 Å². The van der Waals surface area contributed by atoms with Crippen molar-refractivity contribution in [2.45, 2.75) is 13.3 Å². The maximum atomic E-state index is 12.3. The predicted molar refractivity (Wildman–Crippen MR) is 94.6 cm³/mol. The van der Waals surface area contributed by atoms with E-state index in [0.29, 0.717) is 23.8 Å². The summed E-state index contributed by atoms with van der Waals surface area (Å²) in [6, 6.07) is 0. The summed E-state index contributed by atoms with van der Waals surface area (Å²) < 4.78 is 0. The van der Waals surface area contributed by atoms with Gasteiger partial charge in [-0.05, 0) is 14.0 Å². The van der Waals surface area contributed by atoms with E-state index in [0.717, 1.165) is 37.6 Å². The van der Waals surface area contributed by atoms with Gasteiger partial charge < -0.3 is 15.1 Å². The first-order valence-electron chi connectivity index (χ1n) is 8.07. The lowest BCUT2D eigenvalue weighted by molar-refractivity contribution is 0.0952. The molecule has 0 radical (unpaired) electrons. The van der Waals surface area contributed by atoms with Crippen LogP contribution in [0.25, 0.3) is 0 Å². The van der Waals surface area contributed by atoms with Gasteiger partial charge in [0.15, 0.2) is 0 Å². The molecular formula is C16H22N6OS. The Bertz CT molecular complexity index is 682. The number of rotatable bonds is 5. The molecule has 1 fully saturated rings. The minimum absolute atomic E-state index is 0.131. The van der Waals surface area contributed by atoms with Crippen LogP contribution in [0.1, 0.15) is 21.1 Å². The summed E-state index contributed by atoms with van der Waals surface area (Å²) in [6.07, 6.45) is 4.15. The number of aromatic nitrogens is 3. The quantitative estimate of drug-likeness (QED) is 0.869. The molecule has 128 valence electrons. The molecule has 0 spiro atoms. The number of thiazole rings is 1. The van der Waals surface area contributed by atoms with Crippen LogP contribution in [-0.2, 0) is 6.42 Å². The van der Waals surface area contributed by atoms with Crippen molar-refractivity contribution in [3.8, 4) is 0 Å². The maximum absolute atomic E-state index is 12.3. The molecular weight excluding hydrogens is 324 g/mol. The van der Waals surface area contributed by atoms with Gasteiger partial charge in [-0.3, -0.25) is 4.79 Å². The van der Waals surface area contributed by atoms with E-state index < -0.39 is 0 Å². The molecule has 0 bridgehead atoms. The summed E-state index contributed by atoms with van der Waals surface area (Å²) in [5.41, 5.74) is 1.25. The monoisotopic (exact) mass is 346 g/mol. The number of aryl methyl sites for hydroxylation is 1. The summed E-state index contributed by atoms with van der Waals surface area (Å²) in [7, 11) is 2.11.